The van der Waals surface area contributed by atoms with Gasteiger partial charge in [-0.1, -0.05) is 65.4 Å². The Morgan fingerprint density at radius 3 is 2.40 bits per heavy atom. The fraction of sp³-hybridized carbons (Fsp3) is 0.304. The molecule has 2 amide bonds. The number of rotatable bonds is 6. The standard InChI is InChI=1S/C23H24N4O2S/c1-16-11-13-19(14-12-16)27(23(29)20-15-30-26-25-20)21(17-7-3-2-4-8-17)22(28)24-18-9-5-6-10-18/h2-4,7-8,11-15,18,21H,5-6,9-10H2,1H3,(H,24,28)/t21-/m0/s1. The highest BCUT2D eigenvalue weighted by Gasteiger charge is 2.35. The van der Waals surface area contributed by atoms with E-state index in [1.54, 1.807) is 5.38 Å². The number of nitrogens with zero attached hydrogens (tertiary/aromatic N) is 3. The summed E-state index contributed by atoms with van der Waals surface area (Å²) in [5, 5.41) is 8.75. The van der Waals surface area contributed by atoms with Gasteiger partial charge in [0.25, 0.3) is 5.91 Å². The van der Waals surface area contributed by atoms with Crippen LogP contribution in [0.5, 0.6) is 0 Å². The molecule has 0 radical (unpaired) electrons. The van der Waals surface area contributed by atoms with E-state index in [1.165, 1.54) is 4.90 Å². The van der Waals surface area contributed by atoms with Crippen LogP contribution in [0.2, 0.25) is 0 Å². The summed E-state index contributed by atoms with van der Waals surface area (Å²) in [6.45, 7) is 1.99. The summed E-state index contributed by atoms with van der Waals surface area (Å²) in [4.78, 5) is 28.6. The highest BCUT2D eigenvalue weighted by atomic mass is 32.1. The van der Waals surface area contributed by atoms with Gasteiger partial charge in [0.1, 0.15) is 6.04 Å². The zero-order valence-corrected chi connectivity index (χ0v) is 17.6. The Morgan fingerprint density at radius 1 is 1.07 bits per heavy atom. The molecule has 1 heterocycles. The zero-order chi connectivity index (χ0) is 20.9. The number of aryl methyl sites for hydroxylation is 1. The van der Waals surface area contributed by atoms with E-state index in [-0.39, 0.29) is 23.6 Å². The third-order valence-corrected chi connectivity index (χ3v) is 5.94. The van der Waals surface area contributed by atoms with Crippen molar-refractivity contribution in [3.63, 3.8) is 0 Å². The maximum atomic E-state index is 13.5. The highest BCUT2D eigenvalue weighted by molar-refractivity contribution is 7.03. The molecule has 1 atom stereocenters. The second kappa shape index (κ2) is 9.17. The summed E-state index contributed by atoms with van der Waals surface area (Å²) >= 11 is 1.12. The van der Waals surface area contributed by atoms with Crippen LogP contribution in [-0.2, 0) is 4.79 Å². The van der Waals surface area contributed by atoms with Gasteiger partial charge in [0.05, 0.1) is 0 Å². The van der Waals surface area contributed by atoms with E-state index in [0.29, 0.717) is 5.69 Å². The molecule has 1 N–H and O–H groups in total. The molecule has 1 aromatic heterocycles. The maximum absolute atomic E-state index is 13.5. The van der Waals surface area contributed by atoms with Crippen molar-refractivity contribution in [1.82, 2.24) is 14.9 Å². The molecule has 1 saturated carbocycles. The van der Waals surface area contributed by atoms with Crippen molar-refractivity contribution in [2.75, 3.05) is 4.90 Å². The van der Waals surface area contributed by atoms with Crippen LogP contribution in [0.3, 0.4) is 0 Å². The Kier molecular flexibility index (Phi) is 6.18. The number of carbonyl (C=O) groups excluding carboxylic acids is 2. The Hall–Kier alpha value is -3.06. The van der Waals surface area contributed by atoms with Crippen molar-refractivity contribution in [2.45, 2.75) is 44.7 Å². The van der Waals surface area contributed by atoms with Crippen LogP contribution in [0.1, 0.15) is 53.3 Å². The van der Waals surface area contributed by atoms with Crippen molar-refractivity contribution < 1.29 is 9.59 Å². The normalized spacial score (nSPS) is 15.0. The van der Waals surface area contributed by atoms with Gasteiger partial charge in [0, 0.05) is 17.1 Å². The summed E-state index contributed by atoms with van der Waals surface area (Å²) < 4.78 is 3.84. The predicted octanol–water partition coefficient (Wildman–Crippen LogP) is 4.29. The van der Waals surface area contributed by atoms with Crippen LogP contribution in [0.25, 0.3) is 0 Å². The first-order chi connectivity index (χ1) is 14.6. The fourth-order valence-corrected chi connectivity index (χ4v) is 4.30. The minimum Gasteiger partial charge on any atom is -0.351 e. The smallest absolute Gasteiger partial charge is 0.280 e. The molecule has 7 heteroatoms. The van der Waals surface area contributed by atoms with Gasteiger partial charge in [-0.2, -0.15) is 0 Å². The first-order valence-electron chi connectivity index (χ1n) is 10.2. The number of benzene rings is 2. The summed E-state index contributed by atoms with van der Waals surface area (Å²) in [5.74, 6) is -0.520. The van der Waals surface area contributed by atoms with Crippen molar-refractivity contribution in [1.29, 1.82) is 0 Å². The molecule has 1 fully saturated rings. The molecule has 0 saturated heterocycles. The second-order valence-corrected chi connectivity index (χ2v) is 8.21. The Morgan fingerprint density at radius 2 is 1.77 bits per heavy atom. The molecule has 0 unspecified atom stereocenters. The van der Waals surface area contributed by atoms with E-state index in [9.17, 15) is 9.59 Å². The number of aromatic nitrogens is 2. The molecule has 0 bridgehead atoms. The lowest BCUT2D eigenvalue weighted by Crippen LogP contribution is -2.46. The molecule has 2 aromatic carbocycles. The van der Waals surface area contributed by atoms with Crippen LogP contribution in [0.15, 0.2) is 60.0 Å². The fourth-order valence-electron chi connectivity index (χ4n) is 3.87. The van der Waals surface area contributed by atoms with Crippen molar-refractivity contribution in [3.05, 3.63) is 76.8 Å². The minimum atomic E-state index is -0.802. The lowest BCUT2D eigenvalue weighted by Gasteiger charge is -2.32. The van der Waals surface area contributed by atoms with E-state index < -0.39 is 6.04 Å². The number of nitrogens with one attached hydrogen (secondary N) is 1. The molecule has 6 nitrogen and oxygen atoms in total. The van der Waals surface area contributed by atoms with Gasteiger partial charge in [-0.15, -0.1) is 5.10 Å². The summed E-state index contributed by atoms with van der Waals surface area (Å²) in [7, 11) is 0. The summed E-state index contributed by atoms with van der Waals surface area (Å²) in [6.07, 6.45) is 4.18. The molecular formula is C23H24N4O2S. The van der Waals surface area contributed by atoms with Crippen molar-refractivity contribution in [2.24, 2.45) is 0 Å². The third-order valence-electron chi connectivity index (χ3n) is 5.43. The molecule has 0 aliphatic heterocycles. The Bertz CT molecular complexity index is 984. The monoisotopic (exact) mass is 420 g/mol. The van der Waals surface area contributed by atoms with E-state index in [2.05, 4.69) is 14.9 Å². The van der Waals surface area contributed by atoms with Gasteiger partial charge in [-0.3, -0.25) is 14.5 Å². The Balaban J connectivity index is 1.78. The molecular weight excluding hydrogens is 396 g/mol. The predicted molar refractivity (Wildman–Crippen MR) is 117 cm³/mol. The molecule has 3 aromatic rings. The van der Waals surface area contributed by atoms with Crippen LogP contribution in [-0.4, -0.2) is 27.4 Å². The van der Waals surface area contributed by atoms with E-state index >= 15 is 0 Å². The number of hydrogen-bond donors (Lipinski definition) is 1. The van der Waals surface area contributed by atoms with Gasteiger partial charge < -0.3 is 5.32 Å². The topological polar surface area (TPSA) is 75.2 Å². The van der Waals surface area contributed by atoms with Crippen molar-refractivity contribution in [3.8, 4) is 0 Å². The molecule has 1 aliphatic carbocycles. The van der Waals surface area contributed by atoms with Gasteiger partial charge in [0.15, 0.2) is 5.69 Å². The highest BCUT2D eigenvalue weighted by Crippen LogP contribution is 2.30. The molecule has 154 valence electrons. The third kappa shape index (κ3) is 4.41. The van der Waals surface area contributed by atoms with Crippen molar-refractivity contribution >= 4 is 29.0 Å². The van der Waals surface area contributed by atoms with Crippen LogP contribution < -0.4 is 10.2 Å². The van der Waals surface area contributed by atoms with Crippen LogP contribution in [0, 0.1) is 6.92 Å². The quantitative estimate of drug-likeness (QED) is 0.645. The van der Waals surface area contributed by atoms with Gasteiger partial charge in [0.2, 0.25) is 5.91 Å². The zero-order valence-electron chi connectivity index (χ0n) is 16.8. The van der Waals surface area contributed by atoms with E-state index in [4.69, 9.17) is 0 Å². The van der Waals surface area contributed by atoms with E-state index in [0.717, 1.165) is 48.3 Å². The molecule has 1 aliphatic rings. The SMILES string of the molecule is Cc1ccc(N(C(=O)c2csnn2)[C@H](C(=O)NC2CCCC2)c2ccccc2)cc1. The number of anilines is 1. The van der Waals surface area contributed by atoms with Gasteiger partial charge in [-0.05, 0) is 49.0 Å². The first kappa shape index (κ1) is 20.2. The van der Waals surface area contributed by atoms with E-state index in [1.807, 2.05) is 61.5 Å². The number of amides is 2. The molecule has 4 rings (SSSR count). The van der Waals surface area contributed by atoms with Gasteiger partial charge in [-0.25, -0.2) is 0 Å². The first-order valence-corrected chi connectivity index (χ1v) is 11.0. The summed E-state index contributed by atoms with van der Waals surface area (Å²) in [5.41, 5.74) is 2.71. The lowest BCUT2D eigenvalue weighted by molar-refractivity contribution is -0.123. The number of carbonyl (C=O) groups is 2. The summed E-state index contributed by atoms with van der Waals surface area (Å²) in [6, 6.07) is 16.4. The molecule has 30 heavy (non-hydrogen) atoms. The second-order valence-electron chi connectivity index (χ2n) is 7.60. The maximum Gasteiger partial charge on any atom is 0.280 e. The average Bonchev–Trinajstić information content (AvgIpc) is 3.47. The average molecular weight is 421 g/mol. The molecule has 0 spiro atoms. The largest absolute Gasteiger partial charge is 0.351 e. The lowest BCUT2D eigenvalue weighted by atomic mass is 10.0. The van der Waals surface area contributed by atoms with Crippen LogP contribution >= 0.6 is 11.5 Å². The Labute approximate surface area is 180 Å². The van der Waals surface area contributed by atoms with Gasteiger partial charge >= 0.3 is 0 Å². The van der Waals surface area contributed by atoms with Crippen LogP contribution in [0.4, 0.5) is 5.69 Å². The number of hydrogen-bond acceptors (Lipinski definition) is 5. The minimum absolute atomic E-state index is 0.152.